The first-order valence-corrected chi connectivity index (χ1v) is 9.16. The van der Waals surface area contributed by atoms with Crippen molar-refractivity contribution < 1.29 is 9.53 Å². The zero-order valence-corrected chi connectivity index (χ0v) is 15.9. The van der Waals surface area contributed by atoms with Crippen LogP contribution in [0.4, 0.5) is 11.4 Å². The fourth-order valence-corrected chi connectivity index (χ4v) is 3.03. The molecule has 1 aliphatic rings. The summed E-state index contributed by atoms with van der Waals surface area (Å²) in [6, 6.07) is 14.9. The molecule has 2 aromatic carbocycles. The fraction of sp³-hybridized carbons (Fsp3) is 0.350. The van der Waals surface area contributed by atoms with E-state index in [1.165, 1.54) is 0 Å². The molecule has 1 heterocycles. The molecule has 1 aliphatic heterocycles. The molecule has 6 heteroatoms. The van der Waals surface area contributed by atoms with Crippen LogP contribution >= 0.6 is 11.6 Å². The lowest BCUT2D eigenvalue weighted by Gasteiger charge is -2.35. The summed E-state index contributed by atoms with van der Waals surface area (Å²) in [6.45, 7) is 5.65. The number of hydrogen-bond acceptors (Lipinski definition) is 4. The van der Waals surface area contributed by atoms with Crippen molar-refractivity contribution in [3.8, 4) is 5.75 Å². The second kappa shape index (κ2) is 8.43. The van der Waals surface area contributed by atoms with E-state index in [1.54, 1.807) is 31.2 Å². The van der Waals surface area contributed by atoms with Gasteiger partial charge in [-0.15, -0.1) is 0 Å². The lowest BCUT2D eigenvalue weighted by atomic mass is 10.2. The van der Waals surface area contributed by atoms with Crippen molar-refractivity contribution in [3.63, 3.8) is 0 Å². The van der Waals surface area contributed by atoms with Gasteiger partial charge in [0.05, 0.1) is 11.4 Å². The largest absolute Gasteiger partial charge is 0.481 e. The number of para-hydroxylation sites is 2. The molecule has 0 aliphatic carbocycles. The second-order valence-electron chi connectivity index (χ2n) is 6.51. The van der Waals surface area contributed by atoms with Crippen LogP contribution in [0.1, 0.15) is 6.92 Å². The molecule has 1 unspecified atom stereocenters. The monoisotopic (exact) mass is 373 g/mol. The van der Waals surface area contributed by atoms with Crippen molar-refractivity contribution in [3.05, 3.63) is 53.6 Å². The van der Waals surface area contributed by atoms with Crippen LogP contribution in [0.15, 0.2) is 48.5 Å². The molecule has 1 amide bonds. The summed E-state index contributed by atoms with van der Waals surface area (Å²) in [5.41, 5.74) is 1.86. The van der Waals surface area contributed by atoms with Gasteiger partial charge < -0.3 is 19.9 Å². The summed E-state index contributed by atoms with van der Waals surface area (Å²) in [5, 5.41) is 3.64. The highest BCUT2D eigenvalue weighted by molar-refractivity contribution is 6.30. The number of anilines is 2. The Balaban J connectivity index is 1.66. The van der Waals surface area contributed by atoms with Crippen LogP contribution in [-0.4, -0.2) is 50.1 Å². The van der Waals surface area contributed by atoms with Crippen LogP contribution in [-0.2, 0) is 4.79 Å². The number of carbonyl (C=O) groups is 1. The maximum Gasteiger partial charge on any atom is 0.265 e. The Hall–Kier alpha value is -2.24. The minimum Gasteiger partial charge on any atom is -0.481 e. The Kier molecular flexibility index (Phi) is 6.01. The van der Waals surface area contributed by atoms with Gasteiger partial charge in [-0.25, -0.2) is 0 Å². The smallest absolute Gasteiger partial charge is 0.265 e. The number of piperazine rings is 1. The first-order chi connectivity index (χ1) is 12.5. The molecule has 0 aromatic heterocycles. The Morgan fingerprint density at radius 1 is 1.08 bits per heavy atom. The number of carbonyl (C=O) groups excluding carboxylic acids is 1. The molecule has 0 radical (unpaired) electrons. The predicted octanol–water partition coefficient (Wildman–Crippen LogP) is 3.50. The average Bonchev–Trinajstić information content (AvgIpc) is 2.65. The molecule has 3 rings (SSSR count). The zero-order chi connectivity index (χ0) is 18.5. The van der Waals surface area contributed by atoms with Gasteiger partial charge in [0, 0.05) is 31.2 Å². The number of hydrogen-bond donors (Lipinski definition) is 1. The number of benzene rings is 2. The van der Waals surface area contributed by atoms with Crippen LogP contribution in [0.25, 0.3) is 0 Å². The summed E-state index contributed by atoms with van der Waals surface area (Å²) in [6.07, 6.45) is -0.614. The van der Waals surface area contributed by atoms with Gasteiger partial charge in [-0.3, -0.25) is 4.79 Å². The third kappa shape index (κ3) is 4.68. The molecule has 2 aromatic rings. The van der Waals surface area contributed by atoms with Crippen molar-refractivity contribution in [2.75, 3.05) is 43.4 Å². The Morgan fingerprint density at radius 2 is 1.73 bits per heavy atom. The highest BCUT2D eigenvalue weighted by Crippen LogP contribution is 2.27. The Morgan fingerprint density at radius 3 is 2.42 bits per heavy atom. The molecule has 5 nitrogen and oxygen atoms in total. The van der Waals surface area contributed by atoms with E-state index < -0.39 is 6.10 Å². The van der Waals surface area contributed by atoms with E-state index in [0.717, 1.165) is 37.6 Å². The van der Waals surface area contributed by atoms with E-state index in [-0.39, 0.29) is 5.91 Å². The normalized spacial score (nSPS) is 16.2. The van der Waals surface area contributed by atoms with Crippen molar-refractivity contribution in [1.29, 1.82) is 0 Å². The quantitative estimate of drug-likeness (QED) is 0.871. The van der Waals surface area contributed by atoms with E-state index >= 15 is 0 Å². The van der Waals surface area contributed by atoms with E-state index in [4.69, 9.17) is 16.3 Å². The number of amides is 1. The lowest BCUT2D eigenvalue weighted by Crippen LogP contribution is -2.44. The molecule has 1 saturated heterocycles. The molecular weight excluding hydrogens is 350 g/mol. The molecule has 138 valence electrons. The SMILES string of the molecule is CC(Oc1ccc(Cl)cc1)C(=O)Nc1ccccc1N1CCN(C)CC1. The molecule has 1 N–H and O–H groups in total. The third-order valence-corrected chi connectivity index (χ3v) is 4.75. The van der Waals surface area contributed by atoms with Gasteiger partial charge in [0.15, 0.2) is 6.10 Å². The Bertz CT molecular complexity index is 743. The molecule has 0 spiro atoms. The predicted molar refractivity (Wildman–Crippen MR) is 106 cm³/mol. The fourth-order valence-electron chi connectivity index (χ4n) is 2.91. The molecule has 1 atom stereocenters. The molecule has 1 fully saturated rings. The van der Waals surface area contributed by atoms with Crippen LogP contribution in [0.3, 0.4) is 0 Å². The molecular formula is C20H24ClN3O2. The van der Waals surface area contributed by atoms with E-state index in [9.17, 15) is 4.79 Å². The van der Waals surface area contributed by atoms with Crippen LogP contribution in [0.5, 0.6) is 5.75 Å². The van der Waals surface area contributed by atoms with Crippen molar-refractivity contribution >= 4 is 28.9 Å². The summed E-state index contributed by atoms with van der Waals surface area (Å²) >= 11 is 5.88. The summed E-state index contributed by atoms with van der Waals surface area (Å²) in [5.74, 6) is 0.436. The summed E-state index contributed by atoms with van der Waals surface area (Å²) in [4.78, 5) is 17.2. The first kappa shape index (κ1) is 18.5. The summed E-state index contributed by atoms with van der Waals surface area (Å²) < 4.78 is 5.71. The standard InChI is InChI=1S/C20H24ClN3O2/c1-15(26-17-9-7-16(21)8-10-17)20(25)22-18-5-3-4-6-19(18)24-13-11-23(2)12-14-24/h3-10,15H,11-14H2,1-2H3,(H,22,25). The lowest BCUT2D eigenvalue weighted by molar-refractivity contribution is -0.122. The van der Waals surface area contributed by atoms with Crippen LogP contribution < -0.4 is 15.0 Å². The maximum absolute atomic E-state index is 12.6. The van der Waals surface area contributed by atoms with E-state index in [2.05, 4.69) is 22.2 Å². The van der Waals surface area contributed by atoms with Gasteiger partial charge in [0.1, 0.15) is 5.75 Å². The van der Waals surface area contributed by atoms with Crippen LogP contribution in [0.2, 0.25) is 5.02 Å². The number of nitrogens with one attached hydrogen (secondary N) is 1. The number of halogens is 1. The van der Waals surface area contributed by atoms with E-state index in [0.29, 0.717) is 10.8 Å². The summed E-state index contributed by atoms with van der Waals surface area (Å²) in [7, 11) is 2.13. The first-order valence-electron chi connectivity index (χ1n) is 8.78. The van der Waals surface area contributed by atoms with Gasteiger partial charge >= 0.3 is 0 Å². The van der Waals surface area contributed by atoms with Gasteiger partial charge in [-0.05, 0) is 50.4 Å². The van der Waals surface area contributed by atoms with Gasteiger partial charge in [-0.1, -0.05) is 23.7 Å². The number of rotatable bonds is 5. The highest BCUT2D eigenvalue weighted by Gasteiger charge is 2.20. The van der Waals surface area contributed by atoms with Crippen LogP contribution in [0, 0.1) is 0 Å². The van der Waals surface area contributed by atoms with Crippen molar-refractivity contribution in [2.24, 2.45) is 0 Å². The maximum atomic E-state index is 12.6. The Labute approximate surface area is 159 Å². The van der Waals surface area contributed by atoms with Gasteiger partial charge in [-0.2, -0.15) is 0 Å². The number of nitrogens with zero attached hydrogens (tertiary/aromatic N) is 2. The van der Waals surface area contributed by atoms with Gasteiger partial charge in [0.25, 0.3) is 5.91 Å². The molecule has 26 heavy (non-hydrogen) atoms. The average molecular weight is 374 g/mol. The molecule has 0 bridgehead atoms. The highest BCUT2D eigenvalue weighted by atomic mass is 35.5. The van der Waals surface area contributed by atoms with E-state index in [1.807, 2.05) is 24.3 Å². The third-order valence-electron chi connectivity index (χ3n) is 4.50. The molecule has 0 saturated carbocycles. The zero-order valence-electron chi connectivity index (χ0n) is 15.1. The second-order valence-corrected chi connectivity index (χ2v) is 6.95. The minimum absolute atomic E-state index is 0.179. The topological polar surface area (TPSA) is 44.8 Å². The van der Waals surface area contributed by atoms with Crippen molar-refractivity contribution in [2.45, 2.75) is 13.0 Å². The number of likely N-dealkylation sites (N-methyl/N-ethyl adjacent to an activating group) is 1. The van der Waals surface area contributed by atoms with Gasteiger partial charge in [0.2, 0.25) is 0 Å². The minimum atomic E-state index is -0.614. The van der Waals surface area contributed by atoms with Crippen molar-refractivity contribution in [1.82, 2.24) is 4.90 Å². The number of ether oxygens (including phenoxy) is 1.